The molecule has 39 heteroatoms. The SMILES string of the molecule is CC(=O)N(C)[C@H]1CCN(C(=O)c2cnc3c(c2)OCCC2(CC2)N3)C1.CC(=O)N(C)[C@H]1CCN(C(=O)c2cnc3c(c2)O[C@@H](C)CN3)C1.C[C@@H]1CNc2ncc(C(=O)N3CCC(c4ccncc4)C3)cc2O1.C[C@H]1CNc2ncc(C(=O)N3CCC(c4ccncc4)C3)cc2O1.C[C@H]1COc2cc(C(=O)N3CC=C(c4cncnc4)C3)cnc2N1.O=C(c1cnc2c(c1)OCCN2)N1CCC(c2ccncc2)C1. The number of likely N-dealkylation sites (tertiary alicyclic amines) is 5. The minimum atomic E-state index is -0.0680. The van der Waals surface area contributed by atoms with Crippen LogP contribution in [0.25, 0.3) is 5.57 Å². The van der Waals surface area contributed by atoms with Crippen LogP contribution in [0.15, 0.2) is 172 Å². The summed E-state index contributed by atoms with van der Waals surface area (Å²) in [5, 5.41) is 19.5. The molecule has 143 heavy (non-hydrogen) atoms. The lowest BCUT2D eigenvalue weighted by atomic mass is 10.00. The second-order valence-electron chi connectivity index (χ2n) is 38.2. The molecule has 12 aliphatic heterocycles. The van der Waals surface area contributed by atoms with Crippen molar-refractivity contribution in [3.63, 3.8) is 0 Å². The number of nitrogens with zero attached hydrogens (tertiary/aromatic N) is 19. The molecule has 13 aliphatic rings. The average molecular weight is 1950 g/mol. The standard InChI is InChI=1S/C18H24N4O3.2C18H20N4O2.C17H17N5O2.C17H18N4O2.C16H22N4O3/c1-12(23)21(2)14-3-7-22(11-14)17(24)13-9-15-16(19-10-13)20-18(4-5-18)6-8-25-15;2*1-12-9-20-17-16(24-12)8-15(10-21-17)18(23)22-7-4-14(11-22)13-2-5-19-6-3-13;1-11-9-24-15-4-13(7-20-16(15)21-11)17(23)22-3-2-12(8-22)14-5-18-10-19-6-14;22-17(14-9-15-16(20-10-14)19-6-8-23-15)21-7-3-13(11-21)12-1-4-18-5-2-12;1-10-7-17-15-14(23-10)6-12(8-18-15)16(22)20-5-4-13(9-20)19(3)11(2)21/h9-10,14H,3-8,11H2,1-2H3,(H,19,20);2*2-3,5-6,8,10,12,14H,4,7,9,11H2,1H3,(H,20,21);2,4-7,10-11H,3,8-9H2,1H3,(H,20,21);1-2,4-5,9-10,13H,3,6-8,11H2,(H,19,20);6,8,10,13H,4-5,7,9H2,1-3H3,(H,17,18)/t14-;2*12-,14?;11-;;10-,13-/m0100.0/s1. The largest absolute Gasteiger partial charge is 0.490 e. The monoisotopic (exact) mass is 1940 g/mol. The highest BCUT2D eigenvalue weighted by atomic mass is 16.5. The van der Waals surface area contributed by atoms with E-state index in [1.165, 1.54) is 23.0 Å². The Balaban J connectivity index is 0.000000113. The number of rotatable bonds is 12. The Bertz CT molecular complexity index is 6190. The van der Waals surface area contributed by atoms with Crippen molar-refractivity contribution in [2.75, 3.05) is 171 Å². The van der Waals surface area contributed by atoms with Crippen molar-refractivity contribution in [1.82, 2.24) is 94.0 Å². The van der Waals surface area contributed by atoms with E-state index >= 15 is 0 Å². The summed E-state index contributed by atoms with van der Waals surface area (Å²) in [6.07, 6.45) is 35.6. The van der Waals surface area contributed by atoms with Crippen LogP contribution >= 0.6 is 0 Å². The van der Waals surface area contributed by atoms with Gasteiger partial charge in [0, 0.05) is 229 Å². The lowest BCUT2D eigenvalue weighted by Gasteiger charge is -2.25. The fourth-order valence-electron chi connectivity index (χ4n) is 19.3. The first-order valence-electron chi connectivity index (χ1n) is 49.1. The van der Waals surface area contributed by atoms with E-state index in [9.17, 15) is 38.4 Å². The molecule has 22 heterocycles. The van der Waals surface area contributed by atoms with Gasteiger partial charge in [0.2, 0.25) is 11.8 Å². The highest BCUT2D eigenvalue weighted by molar-refractivity contribution is 5.99. The number of amides is 8. The molecule has 10 aromatic heterocycles. The maximum absolute atomic E-state index is 12.8. The number of nitrogens with one attached hydrogen (secondary N) is 6. The van der Waals surface area contributed by atoms with E-state index in [2.05, 4.69) is 86.7 Å². The summed E-state index contributed by atoms with van der Waals surface area (Å²) < 4.78 is 34.3. The fourth-order valence-corrected chi connectivity index (χ4v) is 19.3. The topological polar surface area (TPSA) is 432 Å². The van der Waals surface area contributed by atoms with Crippen LogP contribution in [0.1, 0.15) is 195 Å². The first kappa shape index (κ1) is 97.7. The first-order chi connectivity index (χ1) is 69.3. The Labute approximate surface area is 829 Å². The van der Waals surface area contributed by atoms with Crippen LogP contribution in [-0.2, 0) is 9.59 Å². The zero-order chi connectivity index (χ0) is 99.4. The van der Waals surface area contributed by atoms with Crippen LogP contribution in [0.2, 0.25) is 0 Å². The van der Waals surface area contributed by atoms with Crippen molar-refractivity contribution < 1.29 is 66.8 Å². The minimum absolute atomic E-state index is 0.0173. The van der Waals surface area contributed by atoms with Gasteiger partial charge in [-0.2, -0.15) is 0 Å². The minimum Gasteiger partial charge on any atom is -0.490 e. The van der Waals surface area contributed by atoms with Crippen LogP contribution in [0.3, 0.4) is 0 Å². The summed E-state index contributed by atoms with van der Waals surface area (Å²) in [6.45, 7) is 23.8. The number of likely N-dealkylation sites (N-methyl/N-ethyl adjacent to an activating group) is 2. The molecule has 6 fully saturated rings. The molecule has 0 bridgehead atoms. The van der Waals surface area contributed by atoms with Crippen LogP contribution < -0.4 is 60.3 Å². The van der Waals surface area contributed by atoms with Gasteiger partial charge in [-0.25, -0.2) is 39.9 Å². The number of hydrogen-bond acceptors (Lipinski definition) is 31. The number of carbonyl (C=O) groups is 8. The average Bonchev–Trinajstić information content (AvgIpc) is 1.62. The highest BCUT2D eigenvalue weighted by Gasteiger charge is 2.45. The summed E-state index contributed by atoms with van der Waals surface area (Å²) in [4.78, 5) is 160. The summed E-state index contributed by atoms with van der Waals surface area (Å²) in [6, 6.07) is 23.2. The normalized spacial score (nSPS) is 21.7. The van der Waals surface area contributed by atoms with E-state index < -0.39 is 0 Å². The molecule has 39 nitrogen and oxygen atoms in total. The molecule has 9 atom stereocenters. The van der Waals surface area contributed by atoms with Crippen molar-refractivity contribution in [2.45, 2.75) is 153 Å². The molecular weight excluding hydrogens is 1820 g/mol. The Morgan fingerprint density at radius 1 is 0.385 bits per heavy atom. The molecule has 0 aromatic carbocycles. The predicted molar refractivity (Wildman–Crippen MR) is 533 cm³/mol. The van der Waals surface area contributed by atoms with Crippen molar-refractivity contribution >= 4 is 87.7 Å². The van der Waals surface area contributed by atoms with Crippen molar-refractivity contribution in [3.8, 4) is 34.5 Å². The maximum Gasteiger partial charge on any atom is 0.256 e. The molecule has 746 valence electrons. The summed E-state index contributed by atoms with van der Waals surface area (Å²) in [7, 11) is 3.57. The van der Waals surface area contributed by atoms with Gasteiger partial charge < -0.3 is 99.5 Å². The third-order valence-electron chi connectivity index (χ3n) is 27.9. The molecule has 6 N–H and O–H groups in total. The smallest absolute Gasteiger partial charge is 0.256 e. The molecule has 5 saturated heterocycles. The molecule has 1 spiro atoms. The van der Waals surface area contributed by atoms with E-state index in [1.807, 2.05) is 84.9 Å². The molecule has 10 aromatic rings. The maximum atomic E-state index is 12.8. The molecule has 1 saturated carbocycles. The van der Waals surface area contributed by atoms with Gasteiger partial charge in [0.1, 0.15) is 37.9 Å². The second-order valence-corrected chi connectivity index (χ2v) is 38.2. The van der Waals surface area contributed by atoms with Gasteiger partial charge in [-0.3, -0.25) is 53.3 Å². The Morgan fingerprint density at radius 2 is 0.734 bits per heavy atom. The van der Waals surface area contributed by atoms with Gasteiger partial charge in [0.25, 0.3) is 35.4 Å². The van der Waals surface area contributed by atoms with E-state index in [4.69, 9.17) is 28.4 Å². The van der Waals surface area contributed by atoms with E-state index in [0.29, 0.717) is 180 Å². The third kappa shape index (κ3) is 23.6. The lowest BCUT2D eigenvalue weighted by molar-refractivity contribution is -0.130. The van der Waals surface area contributed by atoms with Gasteiger partial charge in [0.15, 0.2) is 69.4 Å². The Morgan fingerprint density at radius 3 is 1.14 bits per heavy atom. The van der Waals surface area contributed by atoms with E-state index in [1.54, 1.807) is 176 Å². The molecular formula is C104H121N25O14. The van der Waals surface area contributed by atoms with Gasteiger partial charge in [-0.1, -0.05) is 6.08 Å². The summed E-state index contributed by atoms with van der Waals surface area (Å²) in [5.41, 5.74) is 9.22. The number of ether oxygens (including phenoxy) is 6. The molecule has 3 unspecified atom stereocenters. The van der Waals surface area contributed by atoms with Crippen LogP contribution in [-0.4, -0.2) is 322 Å². The molecule has 8 amide bonds. The zero-order valence-electron chi connectivity index (χ0n) is 81.7. The van der Waals surface area contributed by atoms with Gasteiger partial charge in [-0.05, 0) is 168 Å². The van der Waals surface area contributed by atoms with Crippen LogP contribution in [0.5, 0.6) is 34.5 Å². The quantitative estimate of drug-likeness (QED) is 0.0661. The fraction of sp³-hybridized carbons (Fsp3) is 0.433. The number of fused-ring (bicyclic) bond motifs is 6. The predicted octanol–water partition coefficient (Wildman–Crippen LogP) is 10.6. The van der Waals surface area contributed by atoms with Crippen molar-refractivity contribution in [1.29, 1.82) is 0 Å². The van der Waals surface area contributed by atoms with Crippen molar-refractivity contribution in [3.05, 3.63) is 228 Å². The zero-order valence-corrected chi connectivity index (χ0v) is 81.7. The van der Waals surface area contributed by atoms with Gasteiger partial charge in [-0.15, -0.1) is 0 Å². The number of carbonyl (C=O) groups excluding carboxylic acids is 8. The van der Waals surface area contributed by atoms with Crippen LogP contribution in [0, 0.1) is 0 Å². The molecule has 1 aliphatic carbocycles. The number of pyridine rings is 9. The van der Waals surface area contributed by atoms with Gasteiger partial charge in [0.05, 0.1) is 84.3 Å². The summed E-state index contributed by atoms with van der Waals surface area (Å²) >= 11 is 0. The lowest BCUT2D eigenvalue weighted by Crippen LogP contribution is -2.39. The second kappa shape index (κ2) is 44.1. The van der Waals surface area contributed by atoms with Crippen LogP contribution in [0.4, 0.5) is 34.9 Å². The number of anilines is 6. The Kier molecular flexibility index (Phi) is 30.2. The van der Waals surface area contributed by atoms with Gasteiger partial charge >= 0.3 is 0 Å². The molecule has 23 rings (SSSR count). The van der Waals surface area contributed by atoms with E-state index in [0.717, 1.165) is 127 Å². The first-order valence-corrected chi connectivity index (χ1v) is 49.1. The number of hydrogen-bond donors (Lipinski definition) is 6. The van der Waals surface area contributed by atoms with Crippen molar-refractivity contribution in [2.24, 2.45) is 0 Å². The third-order valence-corrected chi connectivity index (χ3v) is 27.9. The van der Waals surface area contributed by atoms with E-state index in [-0.39, 0.29) is 89.2 Å². The number of aromatic nitrogens is 11. The molecule has 0 radical (unpaired) electrons. The Hall–Kier alpha value is -15.5. The highest BCUT2D eigenvalue weighted by Crippen LogP contribution is 2.46. The summed E-state index contributed by atoms with van der Waals surface area (Å²) in [5.74, 6) is 9.16.